The van der Waals surface area contributed by atoms with E-state index >= 15 is 0 Å². The molecule has 2 aliphatic carbocycles. The van der Waals surface area contributed by atoms with Crippen molar-refractivity contribution in [2.75, 3.05) is 0 Å². The first-order valence-electron chi connectivity index (χ1n) is 11.1. The van der Waals surface area contributed by atoms with Crippen LogP contribution in [0.5, 0.6) is 0 Å². The van der Waals surface area contributed by atoms with Crippen LogP contribution in [0.3, 0.4) is 0 Å². The van der Waals surface area contributed by atoms with Crippen LogP contribution in [0.4, 0.5) is 0 Å². The summed E-state index contributed by atoms with van der Waals surface area (Å²) in [5.74, 6) is 0.937. The molecule has 0 unspecified atom stereocenters. The van der Waals surface area contributed by atoms with Gasteiger partial charge in [0.25, 0.3) is 0 Å². The van der Waals surface area contributed by atoms with Crippen molar-refractivity contribution in [2.24, 2.45) is 5.41 Å². The Morgan fingerprint density at radius 1 is 0.586 bits per heavy atom. The first kappa shape index (κ1) is 20.6. The zero-order chi connectivity index (χ0) is 21.2. The van der Waals surface area contributed by atoms with E-state index in [-0.39, 0.29) is 5.41 Å². The molecule has 0 spiro atoms. The first-order valence-corrected chi connectivity index (χ1v) is 18.1. The van der Waals surface area contributed by atoms with E-state index < -0.39 is 16.1 Å². The van der Waals surface area contributed by atoms with Crippen LogP contribution in [0.1, 0.15) is 47.9 Å². The Morgan fingerprint density at radius 3 is 1.28 bits per heavy atom. The van der Waals surface area contributed by atoms with Crippen molar-refractivity contribution in [1.29, 1.82) is 0 Å². The third-order valence-electron chi connectivity index (χ3n) is 7.06. The molecular weight excluding hydrogens is 380 g/mol. The van der Waals surface area contributed by atoms with Gasteiger partial charge < -0.3 is 0 Å². The Kier molecular flexibility index (Phi) is 4.75. The molecule has 0 aromatic heterocycles. The fourth-order valence-electron chi connectivity index (χ4n) is 5.45. The molecule has 2 aliphatic rings. The highest BCUT2D eigenvalue weighted by Gasteiger charge is 2.45. The number of hydrogen-bond donors (Lipinski definition) is 0. The summed E-state index contributed by atoms with van der Waals surface area (Å²) >= 11 is 0. The van der Waals surface area contributed by atoms with Gasteiger partial charge in [-0.3, -0.25) is 0 Å². The van der Waals surface area contributed by atoms with Crippen LogP contribution >= 0.6 is 0 Å². The molecule has 152 valence electrons. The Bertz CT molecular complexity index is 928. The van der Waals surface area contributed by atoms with Gasteiger partial charge in [0.1, 0.15) is 0 Å². The quantitative estimate of drug-likeness (QED) is 0.441. The van der Waals surface area contributed by atoms with Gasteiger partial charge in [0.05, 0.1) is 16.1 Å². The number of allylic oxidation sites excluding steroid dienone is 2. The molecule has 0 heterocycles. The van der Waals surface area contributed by atoms with Gasteiger partial charge >= 0.3 is 0 Å². The second-order valence-corrected chi connectivity index (χ2v) is 21.7. The fraction of sp³-hybridized carbons (Fsp3) is 0.407. The second-order valence-electron chi connectivity index (χ2n) is 11.6. The summed E-state index contributed by atoms with van der Waals surface area (Å²) in [6.45, 7) is 19.9. The normalized spacial score (nSPS) is 21.5. The van der Waals surface area contributed by atoms with Crippen LogP contribution in [0, 0.1) is 5.41 Å². The zero-order valence-corrected chi connectivity index (χ0v) is 21.4. The summed E-state index contributed by atoms with van der Waals surface area (Å²) in [6.07, 6.45) is 5.31. The standard InChI is InChI=1S/C27H36Si2/c1-27(2,23-17-25(28(3,4)5)21-15-11-9-13-19(21)23)24-18-26(29(6,7)8)22-16-12-10-14-20(22)24/h9-18,23-24H,1-8H3/t23-,24-/m1/s1. The van der Waals surface area contributed by atoms with E-state index in [0.717, 1.165) is 0 Å². The molecule has 2 aromatic carbocycles. The van der Waals surface area contributed by atoms with Crippen molar-refractivity contribution < 1.29 is 0 Å². The van der Waals surface area contributed by atoms with E-state index in [1.165, 1.54) is 11.1 Å². The van der Waals surface area contributed by atoms with Gasteiger partial charge in [0.2, 0.25) is 0 Å². The summed E-state index contributed by atoms with van der Waals surface area (Å²) in [7, 11) is -2.80. The maximum Gasteiger partial charge on any atom is 0.0780 e. The molecular formula is C27H36Si2. The summed E-state index contributed by atoms with van der Waals surface area (Å²) in [5, 5.41) is 3.29. The van der Waals surface area contributed by atoms with Crippen LogP contribution < -0.4 is 0 Å². The number of hydrogen-bond acceptors (Lipinski definition) is 0. The van der Waals surface area contributed by atoms with Crippen molar-refractivity contribution in [1.82, 2.24) is 0 Å². The molecule has 0 nitrogen and oxygen atoms in total. The molecule has 0 N–H and O–H groups in total. The van der Waals surface area contributed by atoms with E-state index in [1.54, 1.807) is 21.5 Å². The van der Waals surface area contributed by atoms with E-state index in [9.17, 15) is 0 Å². The van der Waals surface area contributed by atoms with Crippen molar-refractivity contribution >= 4 is 26.5 Å². The molecule has 4 rings (SSSR count). The predicted octanol–water partition coefficient (Wildman–Crippen LogP) is 8.13. The SMILES string of the molecule is CC(C)([C@@H]1C=C([Si](C)(C)C)c2ccccc21)[C@@H]1C=C([Si](C)(C)C)c2ccccc21. The Labute approximate surface area is 179 Å². The lowest BCUT2D eigenvalue weighted by Crippen LogP contribution is -2.27. The van der Waals surface area contributed by atoms with E-state index in [0.29, 0.717) is 11.8 Å². The maximum atomic E-state index is 2.65. The first-order chi connectivity index (χ1) is 13.4. The van der Waals surface area contributed by atoms with Crippen LogP contribution in [-0.2, 0) is 0 Å². The Balaban J connectivity index is 1.86. The maximum absolute atomic E-state index is 2.65. The summed E-state index contributed by atoms with van der Waals surface area (Å²) < 4.78 is 0. The highest BCUT2D eigenvalue weighted by molar-refractivity contribution is 6.94. The van der Waals surface area contributed by atoms with Crippen molar-refractivity contribution in [3.05, 3.63) is 82.9 Å². The topological polar surface area (TPSA) is 0 Å². The summed E-state index contributed by atoms with van der Waals surface area (Å²) in [6, 6.07) is 18.4. The van der Waals surface area contributed by atoms with Crippen molar-refractivity contribution in [3.63, 3.8) is 0 Å². The van der Waals surface area contributed by atoms with Gasteiger partial charge in [0.15, 0.2) is 0 Å². The monoisotopic (exact) mass is 416 g/mol. The van der Waals surface area contributed by atoms with Gasteiger partial charge in [-0.2, -0.15) is 0 Å². The van der Waals surface area contributed by atoms with Gasteiger partial charge in [-0.15, -0.1) is 0 Å². The van der Waals surface area contributed by atoms with Crippen molar-refractivity contribution in [3.8, 4) is 0 Å². The minimum absolute atomic E-state index is 0.134. The molecule has 0 radical (unpaired) electrons. The minimum atomic E-state index is -1.40. The average Bonchev–Trinajstić information content (AvgIpc) is 3.21. The molecule has 2 atom stereocenters. The van der Waals surface area contributed by atoms with Crippen LogP contribution in [0.15, 0.2) is 60.7 Å². The number of rotatable bonds is 4. The molecule has 2 aromatic rings. The largest absolute Gasteiger partial charge is 0.0780 e. The molecule has 0 saturated heterocycles. The molecule has 0 fully saturated rings. The zero-order valence-electron chi connectivity index (χ0n) is 19.4. The Morgan fingerprint density at radius 2 is 0.931 bits per heavy atom. The van der Waals surface area contributed by atoms with Crippen molar-refractivity contribution in [2.45, 2.75) is 65.0 Å². The lowest BCUT2D eigenvalue weighted by molar-refractivity contribution is 0.292. The molecule has 0 aliphatic heterocycles. The molecule has 2 heteroatoms. The smallest absolute Gasteiger partial charge is 0.0766 e. The lowest BCUT2D eigenvalue weighted by Gasteiger charge is -2.37. The highest BCUT2D eigenvalue weighted by atomic mass is 28.3. The Hall–Kier alpha value is -1.65. The van der Waals surface area contributed by atoms with Gasteiger partial charge in [-0.1, -0.05) is 124 Å². The molecule has 0 amide bonds. The molecule has 0 saturated carbocycles. The van der Waals surface area contributed by atoms with Gasteiger partial charge in [-0.05, 0) is 27.7 Å². The van der Waals surface area contributed by atoms with Gasteiger partial charge in [-0.25, -0.2) is 0 Å². The summed E-state index contributed by atoms with van der Waals surface area (Å²) in [5.41, 5.74) is 6.26. The van der Waals surface area contributed by atoms with E-state index in [2.05, 4.69) is 114 Å². The van der Waals surface area contributed by atoms with Crippen LogP contribution in [-0.4, -0.2) is 16.1 Å². The minimum Gasteiger partial charge on any atom is -0.0766 e. The van der Waals surface area contributed by atoms with E-state index in [1.807, 2.05) is 0 Å². The van der Waals surface area contributed by atoms with Gasteiger partial charge in [0, 0.05) is 11.8 Å². The number of fused-ring (bicyclic) bond motifs is 2. The predicted molar refractivity (Wildman–Crippen MR) is 135 cm³/mol. The fourth-order valence-corrected chi connectivity index (χ4v) is 8.86. The molecule has 29 heavy (non-hydrogen) atoms. The van der Waals surface area contributed by atoms with Crippen LogP contribution in [0.2, 0.25) is 39.3 Å². The summed E-state index contributed by atoms with van der Waals surface area (Å²) in [4.78, 5) is 0. The lowest BCUT2D eigenvalue weighted by atomic mass is 9.66. The highest BCUT2D eigenvalue weighted by Crippen LogP contribution is 2.57. The van der Waals surface area contributed by atoms with E-state index in [4.69, 9.17) is 0 Å². The number of benzene rings is 2. The third kappa shape index (κ3) is 3.35. The van der Waals surface area contributed by atoms with Crippen LogP contribution in [0.25, 0.3) is 10.4 Å². The third-order valence-corrected chi connectivity index (χ3v) is 11.2. The second kappa shape index (κ2) is 6.68. The molecule has 0 bridgehead atoms. The average molecular weight is 417 g/mol.